The number of aryl methyl sites for hydroxylation is 2. The van der Waals surface area contributed by atoms with Crippen LogP contribution < -0.4 is 4.74 Å². The van der Waals surface area contributed by atoms with E-state index in [1.54, 1.807) is 11.3 Å². The highest BCUT2D eigenvalue weighted by molar-refractivity contribution is 7.09. The predicted molar refractivity (Wildman–Crippen MR) is 82.2 cm³/mol. The van der Waals surface area contributed by atoms with Crippen LogP contribution in [0.4, 0.5) is 0 Å². The van der Waals surface area contributed by atoms with Crippen molar-refractivity contribution < 1.29 is 4.74 Å². The van der Waals surface area contributed by atoms with Crippen LogP contribution in [0, 0.1) is 13.8 Å². The van der Waals surface area contributed by atoms with E-state index in [0.29, 0.717) is 6.61 Å². The van der Waals surface area contributed by atoms with Crippen LogP contribution in [0.3, 0.4) is 0 Å². The number of rotatable bonds is 3. The van der Waals surface area contributed by atoms with Crippen molar-refractivity contribution in [2.75, 3.05) is 0 Å². The minimum absolute atomic E-state index is 0.591. The SMILES string of the molecule is Cc1ccc(OCc2cccccc(C)sc2)cc1. The topological polar surface area (TPSA) is 9.23 Å². The highest BCUT2D eigenvalue weighted by Crippen LogP contribution is 2.14. The molecule has 0 saturated heterocycles. The lowest BCUT2D eigenvalue weighted by Gasteiger charge is -2.05. The maximum Gasteiger partial charge on any atom is 0.119 e. The first kappa shape index (κ1) is 13.6. The Labute approximate surface area is 118 Å². The van der Waals surface area contributed by atoms with Crippen molar-refractivity contribution in [3.63, 3.8) is 0 Å². The van der Waals surface area contributed by atoms with Gasteiger partial charge in [0.25, 0.3) is 0 Å². The zero-order chi connectivity index (χ0) is 13.5. The predicted octanol–water partition coefficient (Wildman–Crippen LogP) is 5.07. The van der Waals surface area contributed by atoms with Crippen LogP contribution in [-0.2, 0) is 6.61 Å². The van der Waals surface area contributed by atoms with E-state index in [1.165, 1.54) is 16.0 Å². The van der Waals surface area contributed by atoms with Gasteiger partial charge in [0.1, 0.15) is 12.4 Å². The Kier molecular flexibility index (Phi) is 4.99. The lowest BCUT2D eigenvalue weighted by atomic mass is 10.2. The maximum absolute atomic E-state index is 5.80. The molecule has 1 aromatic heterocycles. The average molecular weight is 270 g/mol. The first-order chi connectivity index (χ1) is 9.24. The minimum atomic E-state index is 0.591. The molecule has 0 aliphatic heterocycles. The third-order valence-corrected chi connectivity index (χ3v) is 3.61. The Balaban J connectivity index is 2.11. The van der Waals surface area contributed by atoms with Crippen molar-refractivity contribution in [3.8, 4) is 5.75 Å². The summed E-state index contributed by atoms with van der Waals surface area (Å²) in [6.07, 6.45) is 0. The Hall–Kier alpha value is -1.80. The molecule has 1 nitrogen and oxygen atoms in total. The van der Waals surface area contributed by atoms with Gasteiger partial charge in [-0.3, -0.25) is 0 Å². The Bertz CT molecular complexity index is 568. The van der Waals surface area contributed by atoms with Crippen LogP contribution >= 0.6 is 11.3 Å². The standard InChI is InChI=1S/C17H18OS/c1-14-8-10-17(11-9-14)18-12-16-7-5-3-4-6-15(2)19-13-16/h3-11,13H,12H2,1-2H3. The molecular weight excluding hydrogens is 252 g/mol. The van der Waals surface area contributed by atoms with Crippen molar-refractivity contribution in [3.05, 3.63) is 76.0 Å². The molecule has 0 amide bonds. The molecule has 0 aliphatic rings. The van der Waals surface area contributed by atoms with E-state index in [1.807, 2.05) is 24.3 Å². The summed E-state index contributed by atoms with van der Waals surface area (Å²) < 4.78 is 5.80. The number of hydrogen-bond donors (Lipinski definition) is 0. The minimum Gasteiger partial charge on any atom is -0.489 e. The van der Waals surface area contributed by atoms with Crippen molar-refractivity contribution in [2.45, 2.75) is 20.5 Å². The van der Waals surface area contributed by atoms with E-state index in [4.69, 9.17) is 4.74 Å². The highest BCUT2D eigenvalue weighted by atomic mass is 32.1. The van der Waals surface area contributed by atoms with Gasteiger partial charge in [-0.2, -0.15) is 0 Å². The molecule has 2 rings (SSSR count). The largest absolute Gasteiger partial charge is 0.489 e. The van der Waals surface area contributed by atoms with Crippen molar-refractivity contribution in [1.29, 1.82) is 0 Å². The smallest absolute Gasteiger partial charge is 0.119 e. The van der Waals surface area contributed by atoms with Gasteiger partial charge in [-0.25, -0.2) is 0 Å². The van der Waals surface area contributed by atoms with Gasteiger partial charge in [-0.05, 0) is 43.0 Å². The first-order valence-electron chi connectivity index (χ1n) is 6.31. The van der Waals surface area contributed by atoms with E-state index < -0.39 is 0 Å². The van der Waals surface area contributed by atoms with E-state index in [0.717, 1.165) is 5.75 Å². The second-order valence-corrected chi connectivity index (χ2v) is 5.55. The fourth-order valence-electron chi connectivity index (χ4n) is 1.56. The van der Waals surface area contributed by atoms with E-state index >= 15 is 0 Å². The van der Waals surface area contributed by atoms with Crippen LogP contribution in [0.25, 0.3) is 0 Å². The van der Waals surface area contributed by atoms with Crippen molar-refractivity contribution in [2.24, 2.45) is 0 Å². The lowest BCUT2D eigenvalue weighted by molar-refractivity contribution is 0.306. The molecule has 98 valence electrons. The Morgan fingerprint density at radius 1 is 0.895 bits per heavy atom. The van der Waals surface area contributed by atoms with Gasteiger partial charge < -0.3 is 4.74 Å². The summed E-state index contributed by atoms with van der Waals surface area (Å²) in [5.74, 6) is 0.910. The first-order valence-corrected chi connectivity index (χ1v) is 7.19. The van der Waals surface area contributed by atoms with Gasteiger partial charge in [-0.1, -0.05) is 42.0 Å². The summed E-state index contributed by atoms with van der Waals surface area (Å²) in [6.45, 7) is 4.77. The molecule has 0 fully saturated rings. The summed E-state index contributed by atoms with van der Waals surface area (Å²) in [7, 11) is 0. The summed E-state index contributed by atoms with van der Waals surface area (Å²) in [5, 5.41) is 2.14. The fourth-order valence-corrected chi connectivity index (χ4v) is 2.21. The number of ether oxygens (including phenoxy) is 1. The molecular formula is C17H18OS. The molecule has 0 aliphatic carbocycles. The van der Waals surface area contributed by atoms with Crippen LogP contribution in [0.2, 0.25) is 0 Å². The normalized spacial score (nSPS) is 9.79. The Morgan fingerprint density at radius 3 is 2.42 bits per heavy atom. The number of hydrogen-bond acceptors (Lipinski definition) is 2. The van der Waals surface area contributed by atoms with E-state index in [9.17, 15) is 0 Å². The van der Waals surface area contributed by atoms with Gasteiger partial charge in [0.05, 0.1) is 0 Å². The van der Waals surface area contributed by atoms with Gasteiger partial charge >= 0.3 is 0 Å². The van der Waals surface area contributed by atoms with Crippen molar-refractivity contribution in [1.82, 2.24) is 0 Å². The Morgan fingerprint density at radius 2 is 1.63 bits per heavy atom. The molecule has 0 bridgehead atoms. The highest BCUT2D eigenvalue weighted by Gasteiger charge is 1.94. The molecule has 2 heteroatoms. The van der Waals surface area contributed by atoms with Crippen LogP contribution in [0.1, 0.15) is 16.0 Å². The third-order valence-electron chi connectivity index (χ3n) is 2.69. The van der Waals surface area contributed by atoms with E-state index in [-0.39, 0.29) is 0 Å². The summed E-state index contributed by atoms with van der Waals surface area (Å²) in [4.78, 5) is 1.27. The third kappa shape index (κ3) is 4.76. The average Bonchev–Trinajstić information content (AvgIpc) is 2.51. The van der Waals surface area contributed by atoms with Gasteiger partial charge in [0, 0.05) is 4.88 Å². The molecule has 0 N–H and O–H groups in total. The second-order valence-electron chi connectivity index (χ2n) is 4.43. The zero-order valence-electron chi connectivity index (χ0n) is 11.3. The summed E-state index contributed by atoms with van der Waals surface area (Å²) in [5.41, 5.74) is 2.42. The van der Waals surface area contributed by atoms with Crippen LogP contribution in [0.15, 0.2) is 60.0 Å². The lowest BCUT2D eigenvalue weighted by Crippen LogP contribution is -1.93. The molecule has 0 saturated carbocycles. The summed E-state index contributed by atoms with van der Waals surface area (Å²) >= 11 is 1.73. The molecule has 1 aromatic carbocycles. The number of benzene rings is 1. The molecule has 0 unspecified atom stereocenters. The molecule has 0 radical (unpaired) electrons. The fraction of sp³-hybridized carbons (Fsp3) is 0.176. The van der Waals surface area contributed by atoms with Gasteiger partial charge in [0.15, 0.2) is 0 Å². The van der Waals surface area contributed by atoms with Crippen molar-refractivity contribution >= 4 is 11.3 Å². The molecule has 0 atom stereocenters. The zero-order valence-corrected chi connectivity index (χ0v) is 12.1. The second kappa shape index (κ2) is 6.95. The monoisotopic (exact) mass is 270 g/mol. The summed E-state index contributed by atoms with van der Waals surface area (Å²) in [6, 6.07) is 18.5. The molecule has 19 heavy (non-hydrogen) atoms. The molecule has 1 heterocycles. The van der Waals surface area contributed by atoms with Gasteiger partial charge in [0.2, 0.25) is 0 Å². The van der Waals surface area contributed by atoms with Crippen LogP contribution in [0.5, 0.6) is 5.75 Å². The maximum atomic E-state index is 5.80. The van der Waals surface area contributed by atoms with Crippen LogP contribution in [-0.4, -0.2) is 0 Å². The van der Waals surface area contributed by atoms with E-state index in [2.05, 4.69) is 49.6 Å². The molecule has 0 spiro atoms. The van der Waals surface area contributed by atoms with Gasteiger partial charge in [-0.15, -0.1) is 11.3 Å². The molecule has 2 aromatic rings. The quantitative estimate of drug-likeness (QED) is 0.756.